The van der Waals surface area contributed by atoms with E-state index >= 15 is 0 Å². The van der Waals surface area contributed by atoms with Crippen LogP contribution in [0.15, 0.2) is 98.1 Å². The molecule has 2 rings (SSSR count). The molecule has 2 aromatic carbocycles. The van der Waals surface area contributed by atoms with Gasteiger partial charge in [0.1, 0.15) is 11.9 Å². The van der Waals surface area contributed by atoms with E-state index in [9.17, 15) is 14.7 Å². The minimum absolute atomic E-state index is 0.0196. The van der Waals surface area contributed by atoms with E-state index in [0.29, 0.717) is 6.42 Å². The predicted octanol–water partition coefficient (Wildman–Crippen LogP) is 7.19. The number of aliphatic hydroxyl groups excluding tert-OH is 1. The molecule has 6 heteroatoms. The van der Waals surface area contributed by atoms with E-state index < -0.39 is 37.8 Å². The molecule has 0 aliphatic heterocycles. The van der Waals surface area contributed by atoms with Crippen LogP contribution in [0.25, 0.3) is 0 Å². The second-order valence-electron chi connectivity index (χ2n) is 13.5. The van der Waals surface area contributed by atoms with Gasteiger partial charge in [0.2, 0.25) is 0 Å². The lowest BCUT2D eigenvalue weighted by molar-refractivity contribution is -0.144. The summed E-state index contributed by atoms with van der Waals surface area (Å²) in [7, 11) is -2.82. The van der Waals surface area contributed by atoms with Crippen LogP contribution in [-0.2, 0) is 18.8 Å². The molecule has 0 saturated carbocycles. The van der Waals surface area contributed by atoms with Gasteiger partial charge in [-0.1, -0.05) is 114 Å². The van der Waals surface area contributed by atoms with Crippen LogP contribution >= 0.6 is 0 Å². The number of benzene rings is 2. The Hall–Kier alpha value is -3.06. The maximum Gasteiger partial charge on any atom is 0.330 e. The van der Waals surface area contributed by atoms with Gasteiger partial charge >= 0.3 is 5.97 Å². The molecule has 4 atom stereocenters. The normalized spacial score (nSPS) is 15.3. The number of carbonyl (C=O) groups excluding carboxylic acids is 2. The molecule has 0 unspecified atom stereocenters. The second kappa shape index (κ2) is 16.9. The van der Waals surface area contributed by atoms with E-state index in [-0.39, 0.29) is 23.3 Å². The molecule has 1 N–H and O–H groups in total. The molecule has 240 valence electrons. The summed E-state index contributed by atoms with van der Waals surface area (Å²) in [6.07, 6.45) is 8.21. The SMILES string of the molecule is C=CCCC[C@H](C)[C@H](O)[C@@H](C)C(=O)C(C)(C)C=CC(=O)O[C@@H](CC=C)CO[Si](c1ccccc1)(c1ccccc1)C(C)(C)C. The third-order valence-corrected chi connectivity index (χ3v) is 13.5. The summed E-state index contributed by atoms with van der Waals surface area (Å²) >= 11 is 0. The lowest BCUT2D eigenvalue weighted by Gasteiger charge is -2.43. The van der Waals surface area contributed by atoms with Crippen LogP contribution in [0.3, 0.4) is 0 Å². The molecule has 5 nitrogen and oxygen atoms in total. The topological polar surface area (TPSA) is 72.8 Å². The lowest BCUT2D eigenvalue weighted by Crippen LogP contribution is -2.67. The number of rotatable bonds is 18. The Morgan fingerprint density at radius 1 is 0.909 bits per heavy atom. The van der Waals surface area contributed by atoms with Gasteiger partial charge in [-0.05, 0) is 54.4 Å². The number of ether oxygens (including phenoxy) is 1. The van der Waals surface area contributed by atoms with E-state index in [1.807, 2.05) is 49.4 Å². The summed E-state index contributed by atoms with van der Waals surface area (Å²) in [5, 5.41) is 12.9. The number of aliphatic hydroxyl groups is 1. The number of hydrogen-bond donors (Lipinski definition) is 1. The fraction of sp³-hybridized carbons (Fsp3) is 0.474. The summed E-state index contributed by atoms with van der Waals surface area (Å²) in [5.74, 6) is -1.26. The molecule has 0 aliphatic carbocycles. The lowest BCUT2D eigenvalue weighted by atomic mass is 9.76. The van der Waals surface area contributed by atoms with Crippen LogP contribution in [0.1, 0.15) is 74.1 Å². The zero-order valence-electron chi connectivity index (χ0n) is 27.9. The van der Waals surface area contributed by atoms with E-state index in [2.05, 4.69) is 58.2 Å². The van der Waals surface area contributed by atoms with Crippen molar-refractivity contribution in [2.24, 2.45) is 17.3 Å². The molecule has 0 heterocycles. The first-order chi connectivity index (χ1) is 20.7. The first kappa shape index (κ1) is 37.1. The number of unbranched alkanes of at least 4 members (excludes halogenated alkanes) is 1. The van der Waals surface area contributed by atoms with Gasteiger partial charge in [-0.15, -0.1) is 13.2 Å². The highest BCUT2D eigenvalue weighted by Crippen LogP contribution is 2.37. The van der Waals surface area contributed by atoms with Crippen LogP contribution in [0.2, 0.25) is 5.04 Å². The monoisotopic (exact) mass is 618 g/mol. The summed E-state index contributed by atoms with van der Waals surface area (Å²) in [6.45, 7) is 21.7. The minimum Gasteiger partial charge on any atom is -0.456 e. The van der Waals surface area contributed by atoms with Crippen molar-refractivity contribution in [3.05, 3.63) is 98.1 Å². The van der Waals surface area contributed by atoms with Crippen molar-refractivity contribution in [1.82, 2.24) is 0 Å². The molecule has 2 aromatic rings. The standard InChI is InChI=1S/C38H54O5Si/c1-10-12-15-21-29(3)35(40)30(4)36(41)38(8,9)27-26-34(39)43-31(20-11-2)28-42-44(37(5,6)7,32-22-16-13-17-23-32)33-24-18-14-19-25-33/h10-11,13-14,16-19,22-27,29-31,35,40H,1-2,12,15,20-21,28H2,3-9H3/t29-,30+,31-,35-/m0/s1. The van der Waals surface area contributed by atoms with Gasteiger partial charge < -0.3 is 14.3 Å². The highest BCUT2D eigenvalue weighted by Gasteiger charge is 2.50. The van der Waals surface area contributed by atoms with Gasteiger partial charge in [0.05, 0.1) is 12.7 Å². The average molecular weight is 619 g/mol. The molecule has 0 aromatic heterocycles. The van der Waals surface area contributed by atoms with Crippen molar-refractivity contribution in [1.29, 1.82) is 0 Å². The van der Waals surface area contributed by atoms with Gasteiger partial charge in [-0.2, -0.15) is 0 Å². The Morgan fingerprint density at radius 2 is 1.45 bits per heavy atom. The summed E-state index contributed by atoms with van der Waals surface area (Å²) in [4.78, 5) is 26.4. The molecule has 0 aliphatic rings. The molecule has 0 spiro atoms. The highest BCUT2D eigenvalue weighted by molar-refractivity contribution is 6.99. The van der Waals surface area contributed by atoms with Crippen molar-refractivity contribution in [3.63, 3.8) is 0 Å². The van der Waals surface area contributed by atoms with Gasteiger partial charge in [0, 0.05) is 23.8 Å². The van der Waals surface area contributed by atoms with E-state index in [4.69, 9.17) is 9.16 Å². The molecule has 0 fully saturated rings. The zero-order valence-corrected chi connectivity index (χ0v) is 28.9. The molecule has 0 radical (unpaired) electrons. The maximum absolute atomic E-state index is 13.3. The fourth-order valence-electron chi connectivity index (χ4n) is 5.87. The Bertz CT molecular complexity index is 1190. The number of carbonyl (C=O) groups is 2. The van der Waals surface area contributed by atoms with E-state index in [1.165, 1.54) is 6.08 Å². The number of ketones is 1. The first-order valence-corrected chi connectivity index (χ1v) is 17.7. The smallest absolute Gasteiger partial charge is 0.330 e. The van der Waals surface area contributed by atoms with Crippen LogP contribution in [0, 0.1) is 17.3 Å². The molecule has 0 bridgehead atoms. The number of allylic oxidation sites excluding steroid dienone is 2. The van der Waals surface area contributed by atoms with Crippen molar-refractivity contribution in [3.8, 4) is 0 Å². The molecule has 0 amide bonds. The largest absolute Gasteiger partial charge is 0.456 e. The summed E-state index contributed by atoms with van der Waals surface area (Å²) in [5.41, 5.74) is -0.959. The quantitative estimate of drug-likeness (QED) is 0.0629. The number of Topliss-reactive ketones (excluding diaryl/α,β-unsaturated/α-hetero) is 1. The molecular formula is C38H54O5Si. The Labute approximate surface area is 267 Å². The van der Waals surface area contributed by atoms with Crippen molar-refractivity contribution < 1.29 is 23.9 Å². The molecule has 44 heavy (non-hydrogen) atoms. The summed E-state index contributed by atoms with van der Waals surface area (Å²) in [6, 6.07) is 20.7. The van der Waals surface area contributed by atoms with E-state index in [0.717, 1.165) is 29.6 Å². The predicted molar refractivity (Wildman–Crippen MR) is 185 cm³/mol. The van der Waals surface area contributed by atoms with Crippen LogP contribution < -0.4 is 10.4 Å². The summed E-state index contributed by atoms with van der Waals surface area (Å²) < 4.78 is 12.9. The number of esters is 1. The van der Waals surface area contributed by atoms with Crippen LogP contribution in [0.5, 0.6) is 0 Å². The third-order valence-electron chi connectivity index (χ3n) is 8.46. The Morgan fingerprint density at radius 3 is 1.93 bits per heavy atom. The maximum atomic E-state index is 13.3. The minimum atomic E-state index is -2.82. The van der Waals surface area contributed by atoms with Gasteiger partial charge in [-0.3, -0.25) is 4.79 Å². The van der Waals surface area contributed by atoms with Gasteiger partial charge in [0.15, 0.2) is 0 Å². The van der Waals surface area contributed by atoms with Crippen LogP contribution in [0.4, 0.5) is 0 Å². The number of hydrogen-bond acceptors (Lipinski definition) is 5. The van der Waals surface area contributed by atoms with Crippen molar-refractivity contribution >= 4 is 30.4 Å². The first-order valence-electron chi connectivity index (χ1n) is 15.8. The zero-order chi connectivity index (χ0) is 33.0. The Kier molecular flexibility index (Phi) is 14.2. The Balaban J connectivity index is 2.21. The van der Waals surface area contributed by atoms with Gasteiger partial charge in [-0.25, -0.2) is 4.79 Å². The van der Waals surface area contributed by atoms with Crippen LogP contribution in [-0.4, -0.2) is 44.0 Å². The fourth-order valence-corrected chi connectivity index (χ4v) is 10.5. The molecule has 0 saturated heterocycles. The van der Waals surface area contributed by atoms with Gasteiger partial charge in [0.25, 0.3) is 8.32 Å². The molecular weight excluding hydrogens is 564 g/mol. The van der Waals surface area contributed by atoms with Crippen molar-refractivity contribution in [2.75, 3.05) is 6.61 Å². The third kappa shape index (κ3) is 9.72. The highest BCUT2D eigenvalue weighted by atomic mass is 28.4. The average Bonchev–Trinajstić information content (AvgIpc) is 2.99. The second-order valence-corrected chi connectivity index (χ2v) is 17.8. The van der Waals surface area contributed by atoms with Crippen molar-refractivity contribution in [2.45, 2.75) is 91.4 Å². The van der Waals surface area contributed by atoms with E-state index in [1.54, 1.807) is 32.9 Å².